The van der Waals surface area contributed by atoms with E-state index in [1.165, 1.54) is 0 Å². The Balaban J connectivity index is 2.12. The van der Waals surface area contributed by atoms with Gasteiger partial charge in [0.15, 0.2) is 0 Å². The molecule has 1 amide bonds. The van der Waals surface area contributed by atoms with Gasteiger partial charge in [-0.3, -0.25) is 5.32 Å². The van der Waals surface area contributed by atoms with Crippen LogP contribution in [0.15, 0.2) is 42.5 Å². The smallest absolute Gasteiger partial charge is 0.412 e. The second kappa shape index (κ2) is 7.79. The summed E-state index contributed by atoms with van der Waals surface area (Å²) in [5, 5.41) is 2.70. The molecule has 25 heavy (non-hydrogen) atoms. The first-order valence-corrected chi connectivity index (χ1v) is 7.75. The molecule has 2 aromatic carbocycles. The summed E-state index contributed by atoms with van der Waals surface area (Å²) in [4.78, 5) is 12.2. The van der Waals surface area contributed by atoms with E-state index < -0.39 is 11.7 Å². The molecular weight excluding hydrogens is 322 g/mol. The van der Waals surface area contributed by atoms with Gasteiger partial charge in [-0.15, -0.1) is 0 Å². The van der Waals surface area contributed by atoms with Gasteiger partial charge < -0.3 is 18.9 Å². The highest BCUT2D eigenvalue weighted by molar-refractivity contribution is 5.85. The number of carbonyl (C=O) groups is 1. The van der Waals surface area contributed by atoms with Crippen molar-refractivity contribution in [1.29, 1.82) is 0 Å². The summed E-state index contributed by atoms with van der Waals surface area (Å²) in [7, 11) is 4.73. The van der Waals surface area contributed by atoms with E-state index >= 15 is 0 Å². The number of ether oxygens (including phenoxy) is 4. The Morgan fingerprint density at radius 1 is 0.840 bits per heavy atom. The summed E-state index contributed by atoms with van der Waals surface area (Å²) in [5.41, 5.74) is 0.497. The lowest BCUT2D eigenvalue weighted by Gasteiger charge is -2.26. The minimum absolute atomic E-state index is 0.558. The molecule has 2 rings (SSSR count). The average Bonchev–Trinajstić information content (AvgIpc) is 2.61. The maximum absolute atomic E-state index is 12.2. The SMILES string of the molecule is COc1ccc(NC(=O)OC(C)(C)c2cc(OC)cc(OC)c2)cc1. The number of benzene rings is 2. The number of anilines is 1. The van der Waals surface area contributed by atoms with Gasteiger partial charge in [-0.05, 0) is 50.2 Å². The first-order chi connectivity index (χ1) is 11.9. The monoisotopic (exact) mass is 345 g/mol. The zero-order valence-corrected chi connectivity index (χ0v) is 15.1. The van der Waals surface area contributed by atoms with Crippen LogP contribution < -0.4 is 19.5 Å². The summed E-state index contributed by atoms with van der Waals surface area (Å²) >= 11 is 0. The van der Waals surface area contributed by atoms with Crippen LogP contribution in [0, 0.1) is 0 Å². The molecule has 6 nitrogen and oxygen atoms in total. The highest BCUT2D eigenvalue weighted by Crippen LogP contribution is 2.32. The maximum atomic E-state index is 12.2. The number of rotatable bonds is 6. The maximum Gasteiger partial charge on any atom is 0.412 e. The van der Waals surface area contributed by atoms with Gasteiger partial charge in [0.2, 0.25) is 0 Å². The van der Waals surface area contributed by atoms with Crippen molar-refractivity contribution in [3.05, 3.63) is 48.0 Å². The third-order valence-electron chi connectivity index (χ3n) is 3.73. The Morgan fingerprint density at radius 3 is 1.84 bits per heavy atom. The minimum atomic E-state index is -0.877. The molecular formula is C19H23NO5. The second-order valence-electron chi connectivity index (χ2n) is 5.85. The van der Waals surface area contributed by atoms with Gasteiger partial charge in [-0.2, -0.15) is 0 Å². The molecule has 134 valence electrons. The van der Waals surface area contributed by atoms with Crippen LogP contribution in [0.3, 0.4) is 0 Å². The lowest BCUT2D eigenvalue weighted by atomic mass is 9.97. The number of amides is 1. The zero-order valence-electron chi connectivity index (χ0n) is 15.1. The molecule has 0 bridgehead atoms. The summed E-state index contributed by atoms with van der Waals surface area (Å²) in [6.07, 6.45) is -0.558. The van der Waals surface area contributed by atoms with Gasteiger partial charge >= 0.3 is 6.09 Å². The molecule has 0 aromatic heterocycles. The van der Waals surface area contributed by atoms with E-state index in [1.54, 1.807) is 65.5 Å². The van der Waals surface area contributed by atoms with Gasteiger partial charge in [0, 0.05) is 17.3 Å². The molecule has 0 fully saturated rings. The molecule has 0 saturated heterocycles. The van der Waals surface area contributed by atoms with Crippen molar-refractivity contribution in [3.8, 4) is 17.2 Å². The normalized spacial score (nSPS) is 10.8. The first kappa shape index (κ1) is 18.4. The number of methoxy groups -OCH3 is 3. The van der Waals surface area contributed by atoms with Crippen molar-refractivity contribution in [2.75, 3.05) is 26.6 Å². The fourth-order valence-corrected chi connectivity index (χ4v) is 2.26. The molecule has 1 N–H and O–H groups in total. The van der Waals surface area contributed by atoms with E-state index in [4.69, 9.17) is 18.9 Å². The molecule has 6 heteroatoms. The van der Waals surface area contributed by atoms with Gasteiger partial charge in [0.05, 0.1) is 21.3 Å². The van der Waals surface area contributed by atoms with Gasteiger partial charge in [-0.25, -0.2) is 4.79 Å². The van der Waals surface area contributed by atoms with Gasteiger partial charge in [-0.1, -0.05) is 0 Å². The van der Waals surface area contributed by atoms with E-state index in [0.717, 1.165) is 5.56 Å². The van der Waals surface area contributed by atoms with Crippen LogP contribution in [0.2, 0.25) is 0 Å². The highest BCUT2D eigenvalue weighted by Gasteiger charge is 2.27. The third-order valence-corrected chi connectivity index (χ3v) is 3.73. The standard InChI is InChI=1S/C19H23NO5/c1-19(2,13-10-16(23-4)12-17(11-13)24-5)25-18(21)20-14-6-8-15(22-3)9-7-14/h6-12H,1-5H3,(H,20,21). The topological polar surface area (TPSA) is 66.0 Å². The van der Waals surface area contributed by atoms with E-state index in [9.17, 15) is 4.79 Å². The van der Waals surface area contributed by atoms with Crippen LogP contribution in [-0.2, 0) is 10.3 Å². The lowest BCUT2D eigenvalue weighted by molar-refractivity contribution is 0.0463. The predicted octanol–water partition coefficient (Wildman–Crippen LogP) is 4.20. The van der Waals surface area contributed by atoms with Crippen molar-refractivity contribution >= 4 is 11.8 Å². The predicted molar refractivity (Wildman–Crippen MR) is 95.7 cm³/mol. The van der Waals surface area contributed by atoms with E-state index in [0.29, 0.717) is 22.9 Å². The van der Waals surface area contributed by atoms with Crippen LogP contribution in [-0.4, -0.2) is 27.4 Å². The third kappa shape index (κ3) is 4.79. The van der Waals surface area contributed by atoms with E-state index in [1.807, 2.05) is 12.1 Å². The summed E-state index contributed by atoms with van der Waals surface area (Å²) in [6, 6.07) is 12.4. The number of carbonyl (C=O) groups excluding carboxylic acids is 1. The van der Waals surface area contributed by atoms with Crippen molar-refractivity contribution in [3.63, 3.8) is 0 Å². The molecule has 0 atom stereocenters. The quantitative estimate of drug-likeness (QED) is 0.850. The molecule has 0 spiro atoms. The van der Waals surface area contributed by atoms with Gasteiger partial charge in [0.25, 0.3) is 0 Å². The van der Waals surface area contributed by atoms with Crippen LogP contribution in [0.1, 0.15) is 19.4 Å². The van der Waals surface area contributed by atoms with Crippen molar-refractivity contribution < 1.29 is 23.7 Å². The fraction of sp³-hybridized carbons (Fsp3) is 0.316. The molecule has 0 aliphatic carbocycles. The van der Waals surface area contributed by atoms with Crippen LogP contribution >= 0.6 is 0 Å². The number of hydrogen-bond donors (Lipinski definition) is 1. The molecule has 0 heterocycles. The average molecular weight is 345 g/mol. The molecule has 0 aliphatic heterocycles. The van der Waals surface area contributed by atoms with Gasteiger partial charge in [0.1, 0.15) is 22.8 Å². The zero-order chi connectivity index (χ0) is 18.4. The van der Waals surface area contributed by atoms with Crippen molar-refractivity contribution in [2.45, 2.75) is 19.4 Å². The lowest BCUT2D eigenvalue weighted by Crippen LogP contribution is -2.28. The van der Waals surface area contributed by atoms with Crippen LogP contribution in [0.25, 0.3) is 0 Å². The fourth-order valence-electron chi connectivity index (χ4n) is 2.26. The van der Waals surface area contributed by atoms with E-state index in [-0.39, 0.29) is 0 Å². The van der Waals surface area contributed by atoms with Crippen LogP contribution in [0.4, 0.5) is 10.5 Å². The Hall–Kier alpha value is -2.89. The highest BCUT2D eigenvalue weighted by atomic mass is 16.6. The first-order valence-electron chi connectivity index (χ1n) is 7.75. The molecule has 2 aromatic rings. The minimum Gasteiger partial charge on any atom is -0.497 e. The summed E-state index contributed by atoms with van der Waals surface area (Å²) in [5.74, 6) is 1.96. The Kier molecular flexibility index (Phi) is 5.75. The van der Waals surface area contributed by atoms with Crippen molar-refractivity contribution in [1.82, 2.24) is 0 Å². The molecule has 0 aliphatic rings. The Morgan fingerprint density at radius 2 is 1.36 bits per heavy atom. The summed E-state index contributed by atoms with van der Waals surface area (Å²) < 4.78 is 21.2. The second-order valence-corrected chi connectivity index (χ2v) is 5.85. The molecule has 0 radical (unpaired) electrons. The molecule has 0 unspecified atom stereocenters. The largest absolute Gasteiger partial charge is 0.497 e. The van der Waals surface area contributed by atoms with Crippen LogP contribution in [0.5, 0.6) is 17.2 Å². The molecule has 0 saturated carbocycles. The van der Waals surface area contributed by atoms with Crippen molar-refractivity contribution in [2.24, 2.45) is 0 Å². The number of nitrogens with one attached hydrogen (secondary N) is 1. The number of hydrogen-bond acceptors (Lipinski definition) is 5. The van der Waals surface area contributed by atoms with E-state index in [2.05, 4.69) is 5.32 Å². The summed E-state index contributed by atoms with van der Waals surface area (Å²) in [6.45, 7) is 3.60. The Bertz CT molecular complexity index is 703. The Labute approximate surface area is 147 Å².